The molecule has 1 aliphatic heterocycles. The van der Waals surface area contributed by atoms with E-state index < -0.39 is 11.6 Å². The number of nitrogens with one attached hydrogen (secondary N) is 2. The number of nitrogens with zero attached hydrogens (tertiary/aromatic N) is 2. The van der Waals surface area contributed by atoms with Crippen LogP contribution in [-0.4, -0.2) is 29.0 Å². The van der Waals surface area contributed by atoms with Crippen LogP contribution in [0.4, 0.5) is 10.5 Å². The molecule has 3 amide bonds. The van der Waals surface area contributed by atoms with Crippen LogP contribution in [0.25, 0.3) is 0 Å². The quantitative estimate of drug-likeness (QED) is 0.799. The second-order valence-corrected chi connectivity index (χ2v) is 4.81. The summed E-state index contributed by atoms with van der Waals surface area (Å²) in [6, 6.07) is 8.39. The van der Waals surface area contributed by atoms with Gasteiger partial charge in [-0.05, 0) is 38.1 Å². The van der Waals surface area contributed by atoms with Gasteiger partial charge >= 0.3 is 6.03 Å². The summed E-state index contributed by atoms with van der Waals surface area (Å²) in [5.41, 5.74) is 0.439. The third kappa shape index (κ3) is 2.50. The first kappa shape index (κ1) is 12.9. The van der Waals surface area contributed by atoms with Crippen LogP contribution in [0, 0.1) is 11.3 Å². The highest BCUT2D eigenvalue weighted by Crippen LogP contribution is 2.17. The number of nitriles is 1. The normalized spacial score (nSPS) is 17.0. The molecule has 1 aromatic carbocycles. The molecule has 98 valence electrons. The molecule has 19 heavy (non-hydrogen) atoms. The van der Waals surface area contributed by atoms with E-state index in [0.29, 0.717) is 5.56 Å². The van der Waals surface area contributed by atoms with E-state index >= 15 is 0 Å². The Morgan fingerprint density at radius 3 is 2.42 bits per heavy atom. The van der Waals surface area contributed by atoms with Gasteiger partial charge < -0.3 is 10.6 Å². The smallest absolute Gasteiger partial charge is 0.326 e. The molecule has 0 unspecified atom stereocenters. The molecule has 1 fully saturated rings. The average molecular weight is 258 g/mol. The van der Waals surface area contributed by atoms with Gasteiger partial charge in [-0.3, -0.25) is 4.79 Å². The molecule has 1 heterocycles. The fourth-order valence-corrected chi connectivity index (χ4v) is 1.79. The summed E-state index contributed by atoms with van der Waals surface area (Å²) in [6.07, 6.45) is 0. The molecular formula is C13H14N4O2. The Bertz CT molecular complexity index is 557. The fourth-order valence-electron chi connectivity index (χ4n) is 1.79. The number of carbonyl (C=O) groups excluding carboxylic acids is 2. The SMILES string of the molecule is CC1(C)NC(=O)N(CNc2ccc(C#N)cc2)C1=O. The zero-order valence-corrected chi connectivity index (χ0v) is 10.7. The summed E-state index contributed by atoms with van der Waals surface area (Å²) >= 11 is 0. The Morgan fingerprint density at radius 2 is 1.95 bits per heavy atom. The van der Waals surface area contributed by atoms with Crippen molar-refractivity contribution in [2.75, 3.05) is 12.0 Å². The second-order valence-electron chi connectivity index (χ2n) is 4.81. The summed E-state index contributed by atoms with van der Waals surface area (Å²) < 4.78 is 0. The molecular weight excluding hydrogens is 244 g/mol. The zero-order valence-electron chi connectivity index (χ0n) is 10.7. The maximum Gasteiger partial charge on any atom is 0.326 e. The first-order chi connectivity index (χ1) is 8.94. The monoisotopic (exact) mass is 258 g/mol. The van der Waals surface area contributed by atoms with Crippen molar-refractivity contribution in [1.82, 2.24) is 10.2 Å². The van der Waals surface area contributed by atoms with Crippen LogP contribution in [0.2, 0.25) is 0 Å². The molecule has 1 aromatic rings. The van der Waals surface area contributed by atoms with Crippen molar-refractivity contribution in [2.24, 2.45) is 0 Å². The highest BCUT2D eigenvalue weighted by molar-refractivity contribution is 6.06. The van der Waals surface area contributed by atoms with E-state index in [1.165, 1.54) is 0 Å². The Balaban J connectivity index is 2.01. The van der Waals surface area contributed by atoms with Crippen LogP contribution < -0.4 is 10.6 Å². The highest BCUT2D eigenvalue weighted by Gasteiger charge is 2.43. The third-order valence-electron chi connectivity index (χ3n) is 2.90. The molecule has 1 saturated heterocycles. The first-order valence-corrected chi connectivity index (χ1v) is 5.82. The minimum Gasteiger partial charge on any atom is -0.367 e. The molecule has 0 aliphatic carbocycles. The summed E-state index contributed by atoms with van der Waals surface area (Å²) in [4.78, 5) is 24.7. The lowest BCUT2D eigenvalue weighted by molar-refractivity contribution is -0.129. The number of amides is 3. The predicted molar refractivity (Wildman–Crippen MR) is 69.1 cm³/mol. The number of hydrogen-bond donors (Lipinski definition) is 2. The van der Waals surface area contributed by atoms with E-state index in [2.05, 4.69) is 10.6 Å². The Kier molecular flexibility index (Phi) is 3.13. The minimum absolute atomic E-state index is 0.0972. The van der Waals surface area contributed by atoms with Gasteiger partial charge in [-0.1, -0.05) is 0 Å². The maximum absolute atomic E-state index is 11.9. The van der Waals surface area contributed by atoms with E-state index in [-0.39, 0.29) is 12.6 Å². The molecule has 0 saturated carbocycles. The van der Waals surface area contributed by atoms with Crippen LogP contribution >= 0.6 is 0 Å². The summed E-state index contributed by atoms with van der Waals surface area (Å²) in [7, 11) is 0. The van der Waals surface area contributed by atoms with Gasteiger partial charge in [0.15, 0.2) is 0 Å². The lowest BCUT2D eigenvalue weighted by Gasteiger charge is -2.17. The molecule has 0 bridgehead atoms. The van der Waals surface area contributed by atoms with Gasteiger partial charge in [0.25, 0.3) is 5.91 Å². The van der Waals surface area contributed by atoms with Crippen molar-refractivity contribution in [2.45, 2.75) is 19.4 Å². The first-order valence-electron chi connectivity index (χ1n) is 5.82. The Labute approximate surface area is 111 Å². The van der Waals surface area contributed by atoms with Gasteiger partial charge in [0, 0.05) is 5.69 Å². The number of imide groups is 1. The Hall–Kier alpha value is -2.55. The molecule has 6 heteroatoms. The summed E-state index contributed by atoms with van der Waals surface area (Å²) in [6.45, 7) is 3.42. The van der Waals surface area contributed by atoms with Crippen LogP contribution in [0.15, 0.2) is 24.3 Å². The van der Waals surface area contributed by atoms with Gasteiger partial charge in [-0.2, -0.15) is 5.26 Å². The number of hydrogen-bond acceptors (Lipinski definition) is 4. The largest absolute Gasteiger partial charge is 0.367 e. The number of benzene rings is 1. The third-order valence-corrected chi connectivity index (χ3v) is 2.90. The van der Waals surface area contributed by atoms with Crippen LogP contribution in [-0.2, 0) is 4.79 Å². The second kappa shape index (κ2) is 4.61. The lowest BCUT2D eigenvalue weighted by atomic mass is 10.1. The van der Waals surface area contributed by atoms with Crippen LogP contribution in [0.5, 0.6) is 0 Å². The van der Waals surface area contributed by atoms with Crippen molar-refractivity contribution in [1.29, 1.82) is 5.26 Å². The average Bonchev–Trinajstić information content (AvgIpc) is 2.57. The van der Waals surface area contributed by atoms with Gasteiger partial charge in [0.2, 0.25) is 0 Å². The number of carbonyl (C=O) groups is 2. The number of anilines is 1. The molecule has 6 nitrogen and oxygen atoms in total. The highest BCUT2D eigenvalue weighted by atomic mass is 16.2. The van der Waals surface area contributed by atoms with E-state index in [1.807, 2.05) is 6.07 Å². The molecule has 1 aliphatic rings. The van der Waals surface area contributed by atoms with Crippen molar-refractivity contribution >= 4 is 17.6 Å². The van der Waals surface area contributed by atoms with Crippen molar-refractivity contribution < 1.29 is 9.59 Å². The van der Waals surface area contributed by atoms with Gasteiger partial charge in [0.05, 0.1) is 18.3 Å². The van der Waals surface area contributed by atoms with Crippen LogP contribution in [0.1, 0.15) is 19.4 Å². The summed E-state index contributed by atoms with van der Waals surface area (Å²) in [5, 5.41) is 14.3. The molecule has 0 atom stereocenters. The Morgan fingerprint density at radius 1 is 1.32 bits per heavy atom. The molecule has 2 rings (SSSR count). The molecule has 0 spiro atoms. The van der Waals surface area contributed by atoms with Crippen molar-refractivity contribution in [3.63, 3.8) is 0 Å². The van der Waals surface area contributed by atoms with Crippen molar-refractivity contribution in [3.05, 3.63) is 29.8 Å². The minimum atomic E-state index is -0.858. The predicted octanol–water partition coefficient (Wildman–Crippen LogP) is 1.26. The van der Waals surface area contributed by atoms with E-state index in [9.17, 15) is 9.59 Å². The van der Waals surface area contributed by atoms with Gasteiger partial charge in [0.1, 0.15) is 5.54 Å². The van der Waals surface area contributed by atoms with Crippen molar-refractivity contribution in [3.8, 4) is 6.07 Å². The number of rotatable bonds is 3. The van der Waals surface area contributed by atoms with Gasteiger partial charge in [-0.25, -0.2) is 9.69 Å². The number of urea groups is 1. The summed E-state index contributed by atoms with van der Waals surface area (Å²) in [5.74, 6) is -0.265. The molecule has 0 radical (unpaired) electrons. The topological polar surface area (TPSA) is 85.2 Å². The fraction of sp³-hybridized carbons (Fsp3) is 0.308. The standard InChI is InChI=1S/C13H14N4O2/c1-13(2)11(18)17(12(19)16-13)8-15-10-5-3-9(7-14)4-6-10/h3-6,15H,8H2,1-2H3,(H,16,19). The molecule has 0 aromatic heterocycles. The van der Waals surface area contributed by atoms with E-state index in [4.69, 9.17) is 5.26 Å². The van der Waals surface area contributed by atoms with Gasteiger partial charge in [-0.15, -0.1) is 0 Å². The van der Waals surface area contributed by atoms with E-state index in [1.54, 1.807) is 38.1 Å². The zero-order chi connectivity index (χ0) is 14.0. The lowest BCUT2D eigenvalue weighted by Crippen LogP contribution is -2.41. The molecule has 2 N–H and O–H groups in total. The maximum atomic E-state index is 11.9. The van der Waals surface area contributed by atoms with Crippen LogP contribution in [0.3, 0.4) is 0 Å². The van der Waals surface area contributed by atoms with E-state index in [0.717, 1.165) is 10.6 Å².